The summed E-state index contributed by atoms with van der Waals surface area (Å²) in [5.74, 6) is 0.00962. The maximum atomic E-state index is 12.1. The van der Waals surface area contributed by atoms with Crippen molar-refractivity contribution in [2.75, 3.05) is 0 Å². The topological polar surface area (TPSA) is 62.7 Å². The molecule has 0 unspecified atom stereocenters. The fourth-order valence-electron chi connectivity index (χ4n) is 2.59. The molecule has 2 N–H and O–H groups in total. The summed E-state index contributed by atoms with van der Waals surface area (Å²) in [7, 11) is 0. The van der Waals surface area contributed by atoms with Crippen LogP contribution in [0.15, 0.2) is 30.5 Å². The van der Waals surface area contributed by atoms with Crippen LogP contribution in [0.1, 0.15) is 12.8 Å². The van der Waals surface area contributed by atoms with Gasteiger partial charge in [-0.1, -0.05) is 18.2 Å². The summed E-state index contributed by atoms with van der Waals surface area (Å²) in [4.78, 5) is 19.6. The third-order valence-corrected chi connectivity index (χ3v) is 4.07. The highest BCUT2D eigenvalue weighted by atomic mass is 32.1. The molecule has 1 fully saturated rings. The average Bonchev–Trinajstić information content (AvgIpc) is 3.23. The lowest BCUT2D eigenvalue weighted by molar-refractivity contribution is -0.121. The summed E-state index contributed by atoms with van der Waals surface area (Å²) in [6.07, 6.45) is 3.93. The summed E-state index contributed by atoms with van der Waals surface area (Å²) < 4.78 is 2.40. The number of aromatic amines is 1. The number of nitrogens with zero attached hydrogens (tertiary/aromatic N) is 2. The molecule has 1 amide bonds. The Bertz CT molecular complexity index is 907. The molecule has 2 heterocycles. The Morgan fingerprint density at radius 2 is 2.24 bits per heavy atom. The van der Waals surface area contributed by atoms with Gasteiger partial charge in [-0.3, -0.25) is 9.78 Å². The van der Waals surface area contributed by atoms with E-state index in [0.717, 1.165) is 34.8 Å². The Labute approximate surface area is 126 Å². The van der Waals surface area contributed by atoms with Crippen molar-refractivity contribution < 1.29 is 4.79 Å². The van der Waals surface area contributed by atoms with Gasteiger partial charge in [0.05, 0.1) is 22.7 Å². The highest BCUT2D eigenvalue weighted by Gasteiger charge is 2.23. The monoisotopic (exact) mass is 298 g/mol. The lowest BCUT2D eigenvalue weighted by Crippen LogP contribution is -2.29. The maximum Gasteiger partial charge on any atom is 0.240 e. The third-order valence-electron chi connectivity index (χ3n) is 3.75. The predicted octanol–water partition coefficient (Wildman–Crippen LogP) is 2.53. The van der Waals surface area contributed by atoms with E-state index in [1.807, 2.05) is 28.8 Å². The quantitative estimate of drug-likeness (QED) is 0.730. The van der Waals surface area contributed by atoms with E-state index in [1.165, 1.54) is 0 Å². The number of H-pyrrole nitrogens is 1. The average molecular weight is 298 g/mol. The number of aromatic nitrogens is 3. The molecule has 4 rings (SSSR count). The molecule has 1 saturated carbocycles. The van der Waals surface area contributed by atoms with Gasteiger partial charge >= 0.3 is 0 Å². The molecule has 106 valence electrons. The van der Waals surface area contributed by atoms with E-state index in [0.29, 0.717) is 10.8 Å². The molecule has 0 aliphatic heterocycles. The minimum atomic E-state index is 0.00962. The molecule has 0 saturated heterocycles. The highest BCUT2D eigenvalue weighted by Crippen LogP contribution is 2.24. The SMILES string of the molecule is O=C(Cn1c(=S)[nH]c2cnc3ccccc3c21)NC1CC1. The number of para-hydroxylation sites is 1. The molecule has 6 heteroatoms. The zero-order valence-electron chi connectivity index (χ0n) is 11.3. The van der Waals surface area contributed by atoms with Crippen LogP contribution in [0.5, 0.6) is 0 Å². The Hall–Kier alpha value is -2.21. The van der Waals surface area contributed by atoms with E-state index >= 15 is 0 Å². The molecule has 1 aliphatic rings. The Morgan fingerprint density at radius 1 is 1.43 bits per heavy atom. The first kappa shape index (κ1) is 12.5. The number of rotatable bonds is 3. The van der Waals surface area contributed by atoms with Crippen LogP contribution in [0.2, 0.25) is 0 Å². The number of nitrogens with one attached hydrogen (secondary N) is 2. The van der Waals surface area contributed by atoms with E-state index in [-0.39, 0.29) is 12.5 Å². The third kappa shape index (κ3) is 2.21. The molecule has 0 radical (unpaired) electrons. The summed E-state index contributed by atoms with van der Waals surface area (Å²) in [5.41, 5.74) is 2.70. The number of carbonyl (C=O) groups excluding carboxylic acids is 1. The van der Waals surface area contributed by atoms with Gasteiger partial charge in [-0.15, -0.1) is 0 Å². The van der Waals surface area contributed by atoms with E-state index in [4.69, 9.17) is 12.2 Å². The van der Waals surface area contributed by atoms with Crippen molar-refractivity contribution in [1.29, 1.82) is 0 Å². The van der Waals surface area contributed by atoms with E-state index in [1.54, 1.807) is 6.20 Å². The fourth-order valence-corrected chi connectivity index (χ4v) is 2.85. The minimum Gasteiger partial charge on any atom is -0.352 e. The van der Waals surface area contributed by atoms with Crippen LogP contribution < -0.4 is 5.32 Å². The van der Waals surface area contributed by atoms with Gasteiger partial charge in [0.1, 0.15) is 6.54 Å². The van der Waals surface area contributed by atoms with Gasteiger partial charge in [0.2, 0.25) is 5.91 Å². The van der Waals surface area contributed by atoms with Crippen LogP contribution in [-0.2, 0) is 11.3 Å². The van der Waals surface area contributed by atoms with Gasteiger partial charge in [0.15, 0.2) is 4.77 Å². The second-order valence-electron chi connectivity index (χ2n) is 5.40. The summed E-state index contributed by atoms with van der Waals surface area (Å²) in [5, 5.41) is 4.00. The van der Waals surface area contributed by atoms with E-state index in [9.17, 15) is 4.79 Å². The van der Waals surface area contributed by atoms with Crippen molar-refractivity contribution in [3.8, 4) is 0 Å². The Morgan fingerprint density at radius 3 is 3.05 bits per heavy atom. The molecular formula is C15H14N4OS. The molecule has 1 aromatic carbocycles. The van der Waals surface area contributed by atoms with Gasteiger partial charge in [0, 0.05) is 11.4 Å². The second kappa shape index (κ2) is 4.66. The van der Waals surface area contributed by atoms with Crippen LogP contribution in [0.25, 0.3) is 21.9 Å². The summed E-state index contributed by atoms with van der Waals surface area (Å²) >= 11 is 5.36. The van der Waals surface area contributed by atoms with Crippen LogP contribution in [0.4, 0.5) is 0 Å². The number of hydrogen-bond donors (Lipinski definition) is 2. The second-order valence-corrected chi connectivity index (χ2v) is 5.78. The first-order valence-electron chi connectivity index (χ1n) is 6.98. The van der Waals surface area contributed by atoms with Gasteiger partial charge in [-0.05, 0) is 31.1 Å². The number of imidazole rings is 1. The standard InChI is InChI=1S/C15H14N4OS/c20-13(17-9-5-6-9)8-19-14-10-3-1-2-4-11(10)16-7-12(14)18-15(19)21/h1-4,7,9H,5-6,8H2,(H,17,20)(H,18,21). The molecule has 3 aromatic rings. The lowest BCUT2D eigenvalue weighted by Gasteiger charge is -2.07. The number of amides is 1. The molecule has 5 nitrogen and oxygen atoms in total. The smallest absolute Gasteiger partial charge is 0.240 e. The first-order valence-corrected chi connectivity index (χ1v) is 7.39. The maximum absolute atomic E-state index is 12.1. The highest BCUT2D eigenvalue weighted by molar-refractivity contribution is 7.71. The van der Waals surface area contributed by atoms with Crippen molar-refractivity contribution in [2.45, 2.75) is 25.4 Å². The molecule has 0 spiro atoms. The molecule has 2 aromatic heterocycles. The van der Waals surface area contributed by atoms with Crippen LogP contribution in [-0.4, -0.2) is 26.5 Å². The van der Waals surface area contributed by atoms with Crippen LogP contribution in [0.3, 0.4) is 0 Å². The zero-order chi connectivity index (χ0) is 14.4. The molecule has 0 atom stereocenters. The Kier molecular flexibility index (Phi) is 2.78. The fraction of sp³-hybridized carbons (Fsp3) is 0.267. The van der Waals surface area contributed by atoms with Gasteiger partial charge < -0.3 is 14.9 Å². The molecule has 0 bridgehead atoms. The number of fused-ring (bicyclic) bond motifs is 3. The van der Waals surface area contributed by atoms with Gasteiger partial charge in [-0.25, -0.2) is 0 Å². The number of benzene rings is 1. The normalized spacial score (nSPS) is 14.7. The van der Waals surface area contributed by atoms with Crippen LogP contribution >= 0.6 is 12.2 Å². The van der Waals surface area contributed by atoms with Crippen molar-refractivity contribution in [3.05, 3.63) is 35.2 Å². The summed E-state index contributed by atoms with van der Waals surface area (Å²) in [6, 6.07) is 8.23. The summed E-state index contributed by atoms with van der Waals surface area (Å²) in [6.45, 7) is 0.239. The largest absolute Gasteiger partial charge is 0.352 e. The Balaban J connectivity index is 1.86. The predicted molar refractivity (Wildman–Crippen MR) is 83.6 cm³/mol. The van der Waals surface area contributed by atoms with Gasteiger partial charge in [-0.2, -0.15) is 0 Å². The van der Waals surface area contributed by atoms with E-state index < -0.39 is 0 Å². The van der Waals surface area contributed by atoms with Crippen molar-refractivity contribution in [1.82, 2.24) is 19.9 Å². The van der Waals surface area contributed by atoms with Crippen LogP contribution in [0, 0.1) is 4.77 Å². The molecular weight excluding hydrogens is 284 g/mol. The van der Waals surface area contributed by atoms with Crippen molar-refractivity contribution >= 4 is 40.1 Å². The zero-order valence-corrected chi connectivity index (χ0v) is 12.1. The van der Waals surface area contributed by atoms with Crippen molar-refractivity contribution in [3.63, 3.8) is 0 Å². The molecule has 1 aliphatic carbocycles. The van der Waals surface area contributed by atoms with Crippen molar-refractivity contribution in [2.24, 2.45) is 0 Å². The lowest BCUT2D eigenvalue weighted by atomic mass is 10.2. The number of hydrogen-bond acceptors (Lipinski definition) is 3. The van der Waals surface area contributed by atoms with E-state index in [2.05, 4.69) is 15.3 Å². The number of pyridine rings is 1. The number of carbonyl (C=O) groups is 1. The minimum absolute atomic E-state index is 0.00962. The molecule has 21 heavy (non-hydrogen) atoms. The first-order chi connectivity index (χ1) is 10.2. The van der Waals surface area contributed by atoms with Gasteiger partial charge in [0.25, 0.3) is 0 Å².